The van der Waals surface area contributed by atoms with Gasteiger partial charge in [0, 0.05) is 36.9 Å². The van der Waals surface area contributed by atoms with Crippen LogP contribution >= 0.6 is 11.8 Å². The summed E-state index contributed by atoms with van der Waals surface area (Å²) in [5, 5.41) is -0.398. The first-order valence-corrected chi connectivity index (χ1v) is 9.51. The van der Waals surface area contributed by atoms with E-state index in [9.17, 15) is 14.4 Å². The number of hydrogen-bond donors (Lipinski definition) is 0. The molecule has 27 heavy (non-hydrogen) atoms. The Morgan fingerprint density at radius 1 is 1.15 bits per heavy atom. The highest BCUT2D eigenvalue weighted by molar-refractivity contribution is 8.00. The minimum absolute atomic E-state index is 0.263. The molecular weight excluding hydrogens is 368 g/mol. The second-order valence-corrected chi connectivity index (χ2v) is 7.25. The molecule has 2 aromatic rings. The number of benzene rings is 1. The van der Waals surface area contributed by atoms with Crippen LogP contribution in [0.2, 0.25) is 0 Å². The van der Waals surface area contributed by atoms with Crippen LogP contribution in [0.5, 0.6) is 0 Å². The van der Waals surface area contributed by atoms with Gasteiger partial charge in [-0.3, -0.25) is 9.59 Å². The number of esters is 2. The van der Waals surface area contributed by atoms with E-state index >= 15 is 0 Å². The van der Waals surface area contributed by atoms with E-state index in [1.54, 1.807) is 24.3 Å². The number of nitrogens with zero attached hydrogens (tertiary/aromatic N) is 2. The molecule has 1 aliphatic heterocycles. The van der Waals surface area contributed by atoms with Crippen LogP contribution < -0.4 is 0 Å². The molecule has 0 saturated carbocycles. The lowest BCUT2D eigenvalue weighted by Gasteiger charge is -2.30. The Morgan fingerprint density at radius 3 is 2.52 bits per heavy atom. The SMILES string of the molecule is COC(=O)[C@H]1CN(C(=O)COC(=O)c2ccc(-n3cccc3)cc2)CCS1. The molecule has 2 heterocycles. The van der Waals surface area contributed by atoms with Gasteiger partial charge in [-0.15, -0.1) is 11.8 Å². The molecule has 1 aromatic carbocycles. The minimum atomic E-state index is -0.557. The standard InChI is InChI=1S/C19H20N2O5S/c1-25-19(24)16-12-21(10-11-27-16)17(22)13-26-18(23)14-4-6-15(7-5-14)20-8-2-3-9-20/h2-9,16H,10-13H2,1H3/t16-/m1/s1. The Hall–Kier alpha value is -2.74. The highest BCUT2D eigenvalue weighted by Crippen LogP contribution is 2.20. The Bertz CT molecular complexity index is 804. The van der Waals surface area contributed by atoms with Gasteiger partial charge in [-0.1, -0.05) is 0 Å². The van der Waals surface area contributed by atoms with E-state index in [0.29, 0.717) is 17.9 Å². The molecule has 1 fully saturated rings. The molecular formula is C19H20N2O5S. The molecule has 1 aromatic heterocycles. The first-order valence-electron chi connectivity index (χ1n) is 8.46. The maximum absolute atomic E-state index is 12.3. The molecule has 0 bridgehead atoms. The van der Waals surface area contributed by atoms with Crippen LogP contribution in [0.1, 0.15) is 10.4 Å². The number of rotatable bonds is 5. The Balaban J connectivity index is 1.52. The first kappa shape index (κ1) is 19.0. The van der Waals surface area contributed by atoms with Crippen molar-refractivity contribution in [1.29, 1.82) is 0 Å². The van der Waals surface area contributed by atoms with Crippen LogP contribution in [-0.2, 0) is 19.1 Å². The van der Waals surface area contributed by atoms with Crippen LogP contribution in [0.4, 0.5) is 0 Å². The minimum Gasteiger partial charge on any atom is -0.468 e. The second-order valence-electron chi connectivity index (χ2n) is 5.94. The van der Waals surface area contributed by atoms with Crippen LogP contribution in [0.3, 0.4) is 0 Å². The van der Waals surface area contributed by atoms with Crippen molar-refractivity contribution in [3.8, 4) is 5.69 Å². The molecule has 0 N–H and O–H groups in total. The fraction of sp³-hybridized carbons (Fsp3) is 0.316. The fourth-order valence-corrected chi connectivity index (χ4v) is 3.86. The lowest BCUT2D eigenvalue weighted by Crippen LogP contribution is -2.46. The number of methoxy groups -OCH3 is 1. The van der Waals surface area contributed by atoms with E-state index in [1.165, 1.54) is 23.8 Å². The van der Waals surface area contributed by atoms with Crippen LogP contribution in [0, 0.1) is 0 Å². The largest absolute Gasteiger partial charge is 0.468 e. The Morgan fingerprint density at radius 2 is 1.85 bits per heavy atom. The lowest BCUT2D eigenvalue weighted by molar-refractivity contribution is -0.141. The summed E-state index contributed by atoms with van der Waals surface area (Å²) in [5.74, 6) is -0.586. The van der Waals surface area contributed by atoms with Gasteiger partial charge in [0.25, 0.3) is 5.91 Å². The molecule has 8 heteroatoms. The zero-order valence-corrected chi connectivity index (χ0v) is 15.7. The van der Waals surface area contributed by atoms with Gasteiger partial charge in [-0.25, -0.2) is 4.79 Å². The quantitative estimate of drug-likeness (QED) is 0.727. The number of carbonyl (C=O) groups excluding carboxylic acids is 3. The van der Waals surface area contributed by atoms with E-state index in [-0.39, 0.29) is 25.0 Å². The Labute approximate surface area is 161 Å². The predicted molar refractivity (Wildman–Crippen MR) is 101 cm³/mol. The van der Waals surface area contributed by atoms with Crippen molar-refractivity contribution in [2.75, 3.05) is 32.6 Å². The molecule has 0 aliphatic carbocycles. The zero-order valence-electron chi connectivity index (χ0n) is 14.9. The van der Waals surface area contributed by atoms with Gasteiger partial charge in [-0.05, 0) is 36.4 Å². The number of thioether (sulfide) groups is 1. The number of ether oxygens (including phenoxy) is 2. The zero-order chi connectivity index (χ0) is 19.2. The predicted octanol–water partition coefficient (Wildman–Crippen LogP) is 1.75. The molecule has 1 atom stereocenters. The fourth-order valence-electron chi connectivity index (χ4n) is 2.73. The smallest absolute Gasteiger partial charge is 0.338 e. The monoisotopic (exact) mass is 388 g/mol. The molecule has 1 amide bonds. The molecule has 3 rings (SSSR count). The van der Waals surface area contributed by atoms with Crippen molar-refractivity contribution < 1.29 is 23.9 Å². The van der Waals surface area contributed by atoms with E-state index < -0.39 is 11.2 Å². The lowest BCUT2D eigenvalue weighted by atomic mass is 10.2. The van der Waals surface area contributed by atoms with E-state index in [4.69, 9.17) is 9.47 Å². The molecule has 142 valence electrons. The van der Waals surface area contributed by atoms with Crippen molar-refractivity contribution in [3.05, 3.63) is 54.4 Å². The van der Waals surface area contributed by atoms with Gasteiger partial charge < -0.3 is 18.9 Å². The second kappa shape index (κ2) is 8.77. The van der Waals surface area contributed by atoms with Crippen molar-refractivity contribution >= 4 is 29.6 Å². The first-order chi connectivity index (χ1) is 13.1. The number of carbonyl (C=O) groups is 3. The number of hydrogen-bond acceptors (Lipinski definition) is 6. The summed E-state index contributed by atoms with van der Waals surface area (Å²) in [7, 11) is 1.33. The summed E-state index contributed by atoms with van der Waals surface area (Å²) in [6.45, 7) is 0.427. The van der Waals surface area contributed by atoms with Crippen molar-refractivity contribution in [2.45, 2.75) is 5.25 Å². The third-order valence-electron chi connectivity index (χ3n) is 4.22. The average Bonchev–Trinajstić information content (AvgIpc) is 3.26. The van der Waals surface area contributed by atoms with Gasteiger partial charge in [-0.2, -0.15) is 0 Å². The summed E-state index contributed by atoms with van der Waals surface area (Å²) in [5.41, 5.74) is 1.30. The van der Waals surface area contributed by atoms with Crippen LogP contribution in [0.25, 0.3) is 5.69 Å². The highest BCUT2D eigenvalue weighted by Gasteiger charge is 2.30. The van der Waals surface area contributed by atoms with Gasteiger partial charge in [0.1, 0.15) is 5.25 Å². The molecule has 7 nitrogen and oxygen atoms in total. The van der Waals surface area contributed by atoms with Crippen LogP contribution in [-0.4, -0.2) is 65.1 Å². The van der Waals surface area contributed by atoms with Gasteiger partial charge in [0.05, 0.1) is 12.7 Å². The average molecular weight is 388 g/mol. The van der Waals surface area contributed by atoms with Gasteiger partial charge >= 0.3 is 11.9 Å². The normalized spacial score (nSPS) is 16.6. The molecule has 1 aliphatic rings. The van der Waals surface area contributed by atoms with Gasteiger partial charge in [0.15, 0.2) is 6.61 Å². The highest BCUT2D eigenvalue weighted by atomic mass is 32.2. The topological polar surface area (TPSA) is 77.8 Å². The third kappa shape index (κ3) is 4.71. The summed E-state index contributed by atoms with van der Waals surface area (Å²) in [6.07, 6.45) is 3.81. The molecule has 1 saturated heterocycles. The maximum atomic E-state index is 12.3. The number of amides is 1. The van der Waals surface area contributed by atoms with Crippen molar-refractivity contribution in [1.82, 2.24) is 9.47 Å². The van der Waals surface area contributed by atoms with E-state index in [0.717, 1.165) is 5.69 Å². The summed E-state index contributed by atoms with van der Waals surface area (Å²) < 4.78 is 11.8. The van der Waals surface area contributed by atoms with Crippen molar-refractivity contribution in [2.24, 2.45) is 0 Å². The molecule has 0 radical (unpaired) electrons. The summed E-state index contributed by atoms with van der Waals surface area (Å²) in [4.78, 5) is 37.6. The maximum Gasteiger partial charge on any atom is 0.338 e. The number of aromatic nitrogens is 1. The summed E-state index contributed by atoms with van der Waals surface area (Å²) in [6, 6.07) is 10.8. The Kier molecular flexibility index (Phi) is 6.18. The molecule has 0 unspecified atom stereocenters. The van der Waals surface area contributed by atoms with Gasteiger partial charge in [0.2, 0.25) is 0 Å². The summed E-state index contributed by atoms with van der Waals surface area (Å²) >= 11 is 1.46. The third-order valence-corrected chi connectivity index (χ3v) is 5.38. The van der Waals surface area contributed by atoms with Crippen molar-refractivity contribution in [3.63, 3.8) is 0 Å². The molecule has 0 spiro atoms. The van der Waals surface area contributed by atoms with Crippen LogP contribution in [0.15, 0.2) is 48.8 Å². The van der Waals surface area contributed by atoms with E-state index in [2.05, 4.69) is 0 Å². The van der Waals surface area contributed by atoms with E-state index in [1.807, 2.05) is 29.1 Å².